The fraction of sp³-hybridized carbons (Fsp3) is 0.571. The van der Waals surface area contributed by atoms with Gasteiger partial charge in [-0.1, -0.05) is 30.3 Å². The molecular formula is C14H21NO2. The molecule has 1 aromatic rings. The highest BCUT2D eigenvalue weighted by Gasteiger charge is 2.40. The van der Waals surface area contributed by atoms with Crippen molar-refractivity contribution in [1.29, 1.82) is 0 Å². The maximum atomic E-state index is 6.11. The first-order chi connectivity index (χ1) is 8.16. The molecule has 1 aliphatic rings. The standard InChI is InChI=1S/C14H21NO2/c1-4-16-14(13-8-6-5-7-9-13)11-15(3)10-12(2)17-14/h5-9,12H,4,10-11H2,1-3H3. The molecule has 2 unspecified atom stereocenters. The van der Waals surface area contributed by atoms with Crippen LogP contribution in [0.15, 0.2) is 30.3 Å². The topological polar surface area (TPSA) is 21.7 Å². The van der Waals surface area contributed by atoms with Gasteiger partial charge in [0.15, 0.2) is 0 Å². The zero-order valence-corrected chi connectivity index (χ0v) is 10.8. The molecule has 0 amide bonds. The third-order valence-corrected chi connectivity index (χ3v) is 3.03. The molecule has 1 saturated heterocycles. The Morgan fingerprint density at radius 2 is 2.12 bits per heavy atom. The van der Waals surface area contributed by atoms with E-state index < -0.39 is 5.79 Å². The third-order valence-electron chi connectivity index (χ3n) is 3.03. The Morgan fingerprint density at radius 3 is 2.71 bits per heavy atom. The van der Waals surface area contributed by atoms with E-state index in [0.717, 1.165) is 18.7 Å². The zero-order chi connectivity index (χ0) is 12.3. The van der Waals surface area contributed by atoms with E-state index in [1.165, 1.54) is 0 Å². The van der Waals surface area contributed by atoms with Crippen molar-refractivity contribution >= 4 is 0 Å². The Balaban J connectivity index is 2.31. The maximum Gasteiger partial charge on any atom is 0.208 e. The minimum Gasteiger partial charge on any atom is -0.345 e. The zero-order valence-electron chi connectivity index (χ0n) is 10.8. The smallest absolute Gasteiger partial charge is 0.208 e. The molecule has 0 radical (unpaired) electrons. The molecule has 0 N–H and O–H groups in total. The monoisotopic (exact) mass is 235 g/mol. The molecule has 3 heteroatoms. The van der Waals surface area contributed by atoms with Crippen LogP contribution in [0.5, 0.6) is 0 Å². The van der Waals surface area contributed by atoms with Crippen LogP contribution in [0.2, 0.25) is 0 Å². The highest BCUT2D eigenvalue weighted by Crippen LogP contribution is 2.32. The molecule has 1 aliphatic heterocycles. The number of rotatable bonds is 3. The number of ether oxygens (including phenoxy) is 2. The fourth-order valence-corrected chi connectivity index (χ4v) is 2.51. The van der Waals surface area contributed by atoms with Crippen molar-refractivity contribution in [3.63, 3.8) is 0 Å². The van der Waals surface area contributed by atoms with Gasteiger partial charge in [0.05, 0.1) is 12.6 Å². The molecule has 3 nitrogen and oxygen atoms in total. The van der Waals surface area contributed by atoms with E-state index >= 15 is 0 Å². The summed E-state index contributed by atoms with van der Waals surface area (Å²) in [6.07, 6.45) is 0.181. The molecule has 0 aromatic heterocycles. The lowest BCUT2D eigenvalue weighted by atomic mass is 10.0. The van der Waals surface area contributed by atoms with E-state index in [4.69, 9.17) is 9.47 Å². The van der Waals surface area contributed by atoms with Gasteiger partial charge in [-0.15, -0.1) is 0 Å². The van der Waals surface area contributed by atoms with Gasteiger partial charge in [0, 0.05) is 18.7 Å². The number of morpholine rings is 1. The molecule has 1 heterocycles. The lowest BCUT2D eigenvalue weighted by Crippen LogP contribution is -2.53. The highest BCUT2D eigenvalue weighted by atomic mass is 16.7. The van der Waals surface area contributed by atoms with E-state index in [2.05, 4.69) is 31.0 Å². The maximum absolute atomic E-state index is 6.11. The summed E-state index contributed by atoms with van der Waals surface area (Å²) in [6, 6.07) is 10.2. The lowest BCUT2D eigenvalue weighted by Gasteiger charge is -2.44. The number of nitrogens with zero attached hydrogens (tertiary/aromatic N) is 1. The average molecular weight is 235 g/mol. The predicted octanol–water partition coefficient (Wildman–Crippen LogP) is 2.23. The summed E-state index contributed by atoms with van der Waals surface area (Å²) in [7, 11) is 2.11. The predicted molar refractivity (Wildman–Crippen MR) is 67.8 cm³/mol. The minimum absolute atomic E-state index is 0.181. The van der Waals surface area contributed by atoms with Crippen LogP contribution in [-0.2, 0) is 15.3 Å². The first-order valence-corrected chi connectivity index (χ1v) is 6.22. The minimum atomic E-state index is -0.609. The quantitative estimate of drug-likeness (QED) is 0.802. The van der Waals surface area contributed by atoms with E-state index in [1.807, 2.05) is 25.1 Å². The van der Waals surface area contributed by atoms with Crippen LogP contribution < -0.4 is 0 Å². The van der Waals surface area contributed by atoms with Gasteiger partial charge in [0.25, 0.3) is 0 Å². The van der Waals surface area contributed by atoms with Gasteiger partial charge in [-0.05, 0) is 20.9 Å². The van der Waals surface area contributed by atoms with Crippen LogP contribution in [0.1, 0.15) is 19.4 Å². The molecular weight excluding hydrogens is 214 g/mol. The summed E-state index contributed by atoms with van der Waals surface area (Å²) in [5.41, 5.74) is 1.10. The van der Waals surface area contributed by atoms with Gasteiger partial charge in [0.1, 0.15) is 0 Å². The second-order valence-corrected chi connectivity index (χ2v) is 4.68. The second-order valence-electron chi connectivity index (χ2n) is 4.68. The molecule has 2 rings (SSSR count). The van der Waals surface area contributed by atoms with Crippen LogP contribution in [0, 0.1) is 0 Å². The molecule has 0 spiro atoms. The van der Waals surface area contributed by atoms with Gasteiger partial charge >= 0.3 is 0 Å². The lowest BCUT2D eigenvalue weighted by molar-refractivity contribution is -0.293. The van der Waals surface area contributed by atoms with Crippen molar-refractivity contribution in [3.8, 4) is 0 Å². The molecule has 94 valence electrons. The van der Waals surface area contributed by atoms with E-state index in [-0.39, 0.29) is 6.10 Å². The summed E-state index contributed by atoms with van der Waals surface area (Å²) in [5.74, 6) is -0.609. The average Bonchev–Trinajstić information content (AvgIpc) is 2.29. The number of likely N-dealkylation sites (N-methyl/N-ethyl adjacent to an activating group) is 1. The Morgan fingerprint density at radius 1 is 1.41 bits per heavy atom. The third kappa shape index (κ3) is 2.68. The number of hydrogen-bond donors (Lipinski definition) is 0. The van der Waals surface area contributed by atoms with Gasteiger partial charge in [-0.25, -0.2) is 0 Å². The van der Waals surface area contributed by atoms with Crippen molar-refractivity contribution in [1.82, 2.24) is 4.90 Å². The van der Waals surface area contributed by atoms with Gasteiger partial charge in [0.2, 0.25) is 5.79 Å². The Kier molecular flexibility index (Phi) is 3.82. The molecule has 17 heavy (non-hydrogen) atoms. The first kappa shape index (κ1) is 12.6. The highest BCUT2D eigenvalue weighted by molar-refractivity contribution is 5.21. The summed E-state index contributed by atoms with van der Waals surface area (Å²) in [5, 5.41) is 0. The molecule has 2 atom stereocenters. The number of benzene rings is 1. The fourth-order valence-electron chi connectivity index (χ4n) is 2.51. The van der Waals surface area contributed by atoms with Crippen LogP contribution >= 0.6 is 0 Å². The largest absolute Gasteiger partial charge is 0.345 e. The molecule has 0 bridgehead atoms. The normalized spacial score (nSPS) is 30.4. The van der Waals surface area contributed by atoms with Crippen molar-refractivity contribution in [2.45, 2.75) is 25.7 Å². The van der Waals surface area contributed by atoms with Crippen molar-refractivity contribution < 1.29 is 9.47 Å². The van der Waals surface area contributed by atoms with Crippen molar-refractivity contribution in [3.05, 3.63) is 35.9 Å². The second kappa shape index (κ2) is 5.17. The summed E-state index contributed by atoms with van der Waals surface area (Å²) >= 11 is 0. The van der Waals surface area contributed by atoms with Crippen LogP contribution in [0.4, 0.5) is 0 Å². The van der Waals surface area contributed by atoms with E-state index in [9.17, 15) is 0 Å². The molecule has 1 fully saturated rings. The van der Waals surface area contributed by atoms with Crippen LogP contribution in [-0.4, -0.2) is 37.7 Å². The first-order valence-electron chi connectivity index (χ1n) is 6.22. The van der Waals surface area contributed by atoms with Crippen LogP contribution in [0.25, 0.3) is 0 Å². The summed E-state index contributed by atoms with van der Waals surface area (Å²) in [4.78, 5) is 2.26. The molecule has 0 saturated carbocycles. The molecule has 1 aromatic carbocycles. The van der Waals surface area contributed by atoms with Gasteiger partial charge < -0.3 is 9.47 Å². The van der Waals surface area contributed by atoms with Gasteiger partial charge in [-0.3, -0.25) is 4.90 Å². The Bertz CT molecular complexity index is 342. The summed E-state index contributed by atoms with van der Waals surface area (Å²) < 4.78 is 12.0. The molecule has 0 aliphatic carbocycles. The van der Waals surface area contributed by atoms with E-state index in [1.54, 1.807) is 0 Å². The van der Waals surface area contributed by atoms with Crippen molar-refractivity contribution in [2.75, 3.05) is 26.7 Å². The number of hydrogen-bond acceptors (Lipinski definition) is 3. The van der Waals surface area contributed by atoms with Gasteiger partial charge in [-0.2, -0.15) is 0 Å². The SMILES string of the molecule is CCOC1(c2ccccc2)CN(C)CC(C)O1. The summed E-state index contributed by atoms with van der Waals surface area (Å²) in [6.45, 7) is 6.46. The van der Waals surface area contributed by atoms with Crippen molar-refractivity contribution in [2.24, 2.45) is 0 Å². The Labute approximate surface area is 103 Å². The Hall–Kier alpha value is -0.900. The van der Waals surface area contributed by atoms with E-state index in [0.29, 0.717) is 6.61 Å². The van der Waals surface area contributed by atoms with Crippen LogP contribution in [0.3, 0.4) is 0 Å².